The van der Waals surface area contributed by atoms with E-state index in [2.05, 4.69) is 43.3 Å². The number of hydrogen-bond acceptors (Lipinski definition) is 3. The fourth-order valence-corrected chi connectivity index (χ4v) is 4.28. The summed E-state index contributed by atoms with van der Waals surface area (Å²) in [6, 6.07) is 0. The SMILES string of the molecule is CN=C(NCC(C)(C)CCS(C)(=O)=O)NCC1(CC(C)C)CCC1.I. The molecule has 1 saturated carbocycles. The lowest BCUT2D eigenvalue weighted by Gasteiger charge is -2.43. The molecule has 0 heterocycles. The van der Waals surface area contributed by atoms with Gasteiger partial charge in [-0.15, -0.1) is 24.0 Å². The molecular weight excluding hydrogens is 449 g/mol. The summed E-state index contributed by atoms with van der Waals surface area (Å²) in [5.41, 5.74) is 0.338. The van der Waals surface area contributed by atoms with Gasteiger partial charge in [-0.1, -0.05) is 34.1 Å². The summed E-state index contributed by atoms with van der Waals surface area (Å²) >= 11 is 0. The molecule has 150 valence electrons. The van der Waals surface area contributed by atoms with Crippen molar-refractivity contribution in [3.8, 4) is 0 Å². The molecule has 0 aromatic heterocycles. The molecule has 0 spiro atoms. The Morgan fingerprint density at radius 3 is 2.24 bits per heavy atom. The van der Waals surface area contributed by atoms with Gasteiger partial charge >= 0.3 is 0 Å². The quantitative estimate of drug-likeness (QED) is 0.297. The van der Waals surface area contributed by atoms with E-state index in [4.69, 9.17) is 0 Å². The number of hydrogen-bond donors (Lipinski definition) is 2. The molecule has 1 fully saturated rings. The van der Waals surface area contributed by atoms with Crippen LogP contribution in [0.4, 0.5) is 0 Å². The molecule has 0 aliphatic heterocycles. The van der Waals surface area contributed by atoms with E-state index in [1.54, 1.807) is 7.05 Å². The van der Waals surface area contributed by atoms with E-state index in [-0.39, 0.29) is 35.1 Å². The smallest absolute Gasteiger partial charge is 0.191 e. The van der Waals surface area contributed by atoms with Crippen molar-refractivity contribution in [2.75, 3.05) is 32.1 Å². The number of nitrogens with zero attached hydrogens (tertiary/aromatic N) is 1. The highest BCUT2D eigenvalue weighted by Gasteiger charge is 2.37. The molecule has 2 N–H and O–H groups in total. The Morgan fingerprint density at radius 2 is 1.84 bits per heavy atom. The van der Waals surface area contributed by atoms with Crippen molar-refractivity contribution < 1.29 is 8.42 Å². The summed E-state index contributed by atoms with van der Waals surface area (Å²) in [5, 5.41) is 6.85. The number of guanidine groups is 1. The van der Waals surface area contributed by atoms with Gasteiger partial charge in [0.1, 0.15) is 9.84 Å². The van der Waals surface area contributed by atoms with Crippen LogP contribution in [0, 0.1) is 16.7 Å². The molecule has 0 aromatic carbocycles. The van der Waals surface area contributed by atoms with E-state index in [1.807, 2.05) is 0 Å². The Labute approximate surface area is 172 Å². The number of halogens is 1. The molecule has 7 heteroatoms. The van der Waals surface area contributed by atoms with Crippen LogP contribution in [0.5, 0.6) is 0 Å². The van der Waals surface area contributed by atoms with Gasteiger partial charge in [-0.25, -0.2) is 8.42 Å². The van der Waals surface area contributed by atoms with Crippen molar-refractivity contribution in [3.63, 3.8) is 0 Å². The molecule has 0 radical (unpaired) electrons. The number of sulfone groups is 1. The van der Waals surface area contributed by atoms with Gasteiger partial charge in [0.2, 0.25) is 0 Å². The predicted octanol–water partition coefficient (Wildman–Crippen LogP) is 3.45. The van der Waals surface area contributed by atoms with Crippen LogP contribution >= 0.6 is 24.0 Å². The fraction of sp³-hybridized carbons (Fsp3) is 0.944. The maximum atomic E-state index is 11.4. The summed E-state index contributed by atoms with van der Waals surface area (Å²) in [7, 11) is -1.13. The predicted molar refractivity (Wildman–Crippen MR) is 119 cm³/mol. The molecule has 1 aliphatic rings. The zero-order chi connectivity index (χ0) is 18.4. The van der Waals surface area contributed by atoms with Crippen LogP contribution in [0.2, 0.25) is 0 Å². The molecule has 0 saturated heterocycles. The number of nitrogens with one attached hydrogen (secondary N) is 2. The Morgan fingerprint density at radius 1 is 1.24 bits per heavy atom. The van der Waals surface area contributed by atoms with Gasteiger partial charge < -0.3 is 10.6 Å². The van der Waals surface area contributed by atoms with Gasteiger partial charge in [0.25, 0.3) is 0 Å². The second-order valence-electron chi connectivity index (χ2n) is 8.77. The van der Waals surface area contributed by atoms with Crippen LogP contribution in [-0.4, -0.2) is 46.5 Å². The van der Waals surface area contributed by atoms with Crippen molar-refractivity contribution in [3.05, 3.63) is 0 Å². The van der Waals surface area contributed by atoms with Crippen molar-refractivity contribution in [2.45, 2.75) is 59.8 Å². The average molecular weight is 487 g/mol. The van der Waals surface area contributed by atoms with Crippen molar-refractivity contribution in [1.82, 2.24) is 10.6 Å². The summed E-state index contributed by atoms with van der Waals surface area (Å²) < 4.78 is 22.7. The second kappa shape index (κ2) is 10.3. The molecule has 0 bridgehead atoms. The first kappa shape index (κ1) is 24.9. The van der Waals surface area contributed by atoms with Gasteiger partial charge in [0.15, 0.2) is 5.96 Å². The monoisotopic (exact) mass is 487 g/mol. The second-order valence-corrected chi connectivity index (χ2v) is 11.0. The molecule has 5 nitrogen and oxygen atoms in total. The van der Waals surface area contributed by atoms with Crippen LogP contribution in [-0.2, 0) is 9.84 Å². The highest BCUT2D eigenvalue weighted by molar-refractivity contribution is 14.0. The van der Waals surface area contributed by atoms with E-state index in [1.165, 1.54) is 31.9 Å². The summed E-state index contributed by atoms with van der Waals surface area (Å²) in [5.74, 6) is 1.76. The van der Waals surface area contributed by atoms with Crippen LogP contribution in [0.3, 0.4) is 0 Å². The Hall–Kier alpha value is -0.0500. The van der Waals surface area contributed by atoms with E-state index in [9.17, 15) is 8.42 Å². The first-order chi connectivity index (χ1) is 11.0. The van der Waals surface area contributed by atoms with Gasteiger partial charge in [-0.3, -0.25) is 4.99 Å². The minimum absolute atomic E-state index is 0. The molecule has 0 aromatic rings. The van der Waals surface area contributed by atoms with Crippen LogP contribution in [0.25, 0.3) is 0 Å². The lowest BCUT2D eigenvalue weighted by Crippen LogP contribution is -2.48. The van der Waals surface area contributed by atoms with Gasteiger partial charge in [-0.05, 0) is 42.4 Å². The maximum Gasteiger partial charge on any atom is 0.191 e. The maximum absolute atomic E-state index is 11.4. The topological polar surface area (TPSA) is 70.6 Å². The lowest BCUT2D eigenvalue weighted by atomic mass is 9.64. The zero-order valence-corrected chi connectivity index (χ0v) is 20.0. The highest BCUT2D eigenvalue weighted by Crippen LogP contribution is 2.45. The molecule has 0 atom stereocenters. The van der Waals surface area contributed by atoms with Gasteiger partial charge in [0, 0.05) is 26.4 Å². The summed E-state index contributed by atoms with van der Waals surface area (Å²) in [6.45, 7) is 10.4. The highest BCUT2D eigenvalue weighted by atomic mass is 127. The fourth-order valence-electron chi connectivity index (χ4n) is 3.36. The molecule has 1 aliphatic carbocycles. The Kier molecular flexibility index (Phi) is 10.3. The van der Waals surface area contributed by atoms with Crippen molar-refractivity contribution in [2.24, 2.45) is 21.7 Å². The third-order valence-electron chi connectivity index (χ3n) is 4.99. The number of rotatable bonds is 9. The Balaban J connectivity index is 0.00000576. The first-order valence-corrected chi connectivity index (χ1v) is 11.2. The molecule has 0 amide bonds. The minimum atomic E-state index is -2.91. The standard InChI is InChI=1S/C18H37N3O2S.HI/c1-15(2)12-18(8-7-9-18)14-21-16(19-5)20-13-17(3,4)10-11-24(6,22)23;/h15H,7-14H2,1-6H3,(H2,19,20,21);1H. The zero-order valence-electron chi connectivity index (χ0n) is 16.8. The van der Waals surface area contributed by atoms with Crippen LogP contribution in [0.15, 0.2) is 4.99 Å². The third kappa shape index (κ3) is 10.0. The third-order valence-corrected chi connectivity index (χ3v) is 5.94. The minimum Gasteiger partial charge on any atom is -0.356 e. The molecule has 25 heavy (non-hydrogen) atoms. The van der Waals surface area contributed by atoms with Gasteiger partial charge in [0.05, 0.1) is 5.75 Å². The van der Waals surface area contributed by atoms with E-state index >= 15 is 0 Å². The van der Waals surface area contributed by atoms with E-state index < -0.39 is 9.84 Å². The summed E-state index contributed by atoms with van der Waals surface area (Å²) in [4.78, 5) is 4.32. The molecular formula is C18H38IN3O2S. The largest absolute Gasteiger partial charge is 0.356 e. The normalized spacial score (nSPS) is 17.6. The summed E-state index contributed by atoms with van der Waals surface area (Å²) in [6.07, 6.45) is 7.14. The number of aliphatic imine (C=N–C) groups is 1. The lowest BCUT2D eigenvalue weighted by molar-refractivity contribution is 0.104. The molecule has 1 rings (SSSR count). The van der Waals surface area contributed by atoms with E-state index in [0.29, 0.717) is 18.4 Å². The first-order valence-electron chi connectivity index (χ1n) is 9.09. The average Bonchev–Trinajstić information content (AvgIpc) is 2.41. The van der Waals surface area contributed by atoms with Crippen molar-refractivity contribution >= 4 is 39.8 Å². The Bertz CT molecular complexity index is 526. The van der Waals surface area contributed by atoms with Crippen molar-refractivity contribution in [1.29, 1.82) is 0 Å². The molecule has 0 unspecified atom stereocenters. The van der Waals surface area contributed by atoms with Crippen LogP contribution in [0.1, 0.15) is 59.8 Å². The van der Waals surface area contributed by atoms with E-state index in [0.717, 1.165) is 18.4 Å². The van der Waals surface area contributed by atoms with Crippen LogP contribution < -0.4 is 10.6 Å². The van der Waals surface area contributed by atoms with Gasteiger partial charge in [-0.2, -0.15) is 0 Å².